The maximum absolute atomic E-state index is 6.58. The van der Waals surface area contributed by atoms with E-state index in [-0.39, 0.29) is 28.4 Å². The SMILES string of the molecule is CC1(C)CCC(C)(C)c2cc3c(cc21)B1c2cc4c(cc2N(c2ccc(-c5cccc6c5oc5ccccc56)cc2)c2cccc(c21)N3c1ccc(-c2cccc3c2oc2ccccc23)cc1)C(C)(C)CCC4(C)C. The second-order valence-corrected chi connectivity index (χ2v) is 24.9. The number of rotatable bonds is 4. The number of para-hydroxylation sites is 4. The Hall–Kier alpha value is -7.76. The van der Waals surface area contributed by atoms with Crippen molar-refractivity contribution in [1.82, 2.24) is 0 Å². The van der Waals surface area contributed by atoms with Crippen LogP contribution in [0.3, 0.4) is 0 Å². The number of fused-ring (bicyclic) bond motifs is 12. The second kappa shape index (κ2) is 15.4. The molecule has 0 amide bonds. The van der Waals surface area contributed by atoms with Crippen molar-refractivity contribution < 1.29 is 8.83 Å². The van der Waals surface area contributed by atoms with Crippen LogP contribution < -0.4 is 26.2 Å². The molecule has 0 fully saturated rings. The van der Waals surface area contributed by atoms with E-state index < -0.39 is 0 Å². The van der Waals surface area contributed by atoms with Crippen molar-refractivity contribution in [2.24, 2.45) is 0 Å². The molecule has 0 spiro atoms. The van der Waals surface area contributed by atoms with Crippen molar-refractivity contribution in [3.63, 3.8) is 0 Å². The Labute approximate surface area is 440 Å². The second-order valence-electron chi connectivity index (χ2n) is 24.9. The minimum atomic E-state index is 0.0147. The Morgan fingerprint density at radius 3 is 1.13 bits per heavy atom. The molecule has 75 heavy (non-hydrogen) atoms. The first-order valence-electron chi connectivity index (χ1n) is 27.3. The Morgan fingerprint density at radius 2 is 0.720 bits per heavy atom. The number of furan rings is 2. The molecule has 9 aromatic carbocycles. The molecule has 0 atom stereocenters. The maximum atomic E-state index is 6.58. The van der Waals surface area contributed by atoms with Crippen LogP contribution in [-0.2, 0) is 21.7 Å². The van der Waals surface area contributed by atoms with Crippen LogP contribution in [0, 0.1) is 0 Å². The topological polar surface area (TPSA) is 32.8 Å². The van der Waals surface area contributed by atoms with Crippen LogP contribution in [0.5, 0.6) is 0 Å². The van der Waals surface area contributed by atoms with Gasteiger partial charge in [-0.05, 0) is 158 Å². The summed E-state index contributed by atoms with van der Waals surface area (Å²) in [6, 6.07) is 66.0. The zero-order valence-corrected chi connectivity index (χ0v) is 44.4. The third-order valence-electron chi connectivity index (χ3n) is 18.6. The number of hydrogen-bond donors (Lipinski definition) is 0. The number of anilines is 6. The molecule has 0 saturated heterocycles. The number of hydrogen-bond acceptors (Lipinski definition) is 4. The normalized spacial score (nSPS) is 17.5. The molecule has 5 heteroatoms. The summed E-state index contributed by atoms with van der Waals surface area (Å²) >= 11 is 0. The van der Waals surface area contributed by atoms with Gasteiger partial charge in [0.2, 0.25) is 0 Å². The minimum Gasteiger partial charge on any atom is -0.455 e. The van der Waals surface area contributed by atoms with E-state index in [4.69, 9.17) is 8.83 Å². The zero-order valence-electron chi connectivity index (χ0n) is 44.4. The molecule has 4 nitrogen and oxygen atoms in total. The highest BCUT2D eigenvalue weighted by Gasteiger charge is 2.48. The van der Waals surface area contributed by atoms with E-state index in [1.165, 1.54) is 61.4 Å². The van der Waals surface area contributed by atoms with Gasteiger partial charge in [0.1, 0.15) is 22.3 Å². The third kappa shape index (κ3) is 6.43. The molecule has 4 aliphatic rings. The lowest BCUT2D eigenvalue weighted by Crippen LogP contribution is -2.62. The highest BCUT2D eigenvalue weighted by molar-refractivity contribution is 7.00. The third-order valence-corrected chi connectivity index (χ3v) is 18.6. The van der Waals surface area contributed by atoms with Gasteiger partial charge in [-0.25, -0.2) is 0 Å². The molecular weight excluding hydrogens is 912 g/mol. The standard InChI is InChI=1S/C70H61BN2O2/c1-67(2)34-36-69(5,6)54-40-60-56(38-52(54)67)71-57-39-53-55(70(7,8)37-35-68(53,3)4)41-61(57)73(45-32-28-43(29-33-45)47-19-14-21-51-49-17-10-12-25-63(49)75-66(47)51)59-23-15-22-58(64(59)71)72(60)44-30-26-42(27-31-44)46-18-13-20-50-48-16-9-11-24-62(48)74-65(46)50/h9-33,38-41H,34-37H2,1-8H3. The lowest BCUT2D eigenvalue weighted by atomic mass is 9.32. The Balaban J connectivity index is 0.960. The molecule has 2 aromatic heterocycles. The van der Waals surface area contributed by atoms with Gasteiger partial charge >= 0.3 is 0 Å². The molecule has 0 saturated carbocycles. The summed E-state index contributed by atoms with van der Waals surface area (Å²) in [5, 5.41) is 4.58. The van der Waals surface area contributed by atoms with E-state index in [2.05, 4.69) is 241 Å². The minimum absolute atomic E-state index is 0.0147. The fourth-order valence-electron chi connectivity index (χ4n) is 14.1. The highest BCUT2D eigenvalue weighted by atomic mass is 16.3. The van der Waals surface area contributed by atoms with Gasteiger partial charge in [0.05, 0.1) is 0 Å². The molecule has 2 aliphatic carbocycles. The van der Waals surface area contributed by atoms with Crippen molar-refractivity contribution in [3.8, 4) is 22.3 Å². The average molecular weight is 973 g/mol. The number of nitrogens with zero attached hydrogens (tertiary/aromatic N) is 2. The van der Waals surface area contributed by atoms with Crippen LogP contribution in [0.25, 0.3) is 66.1 Å². The molecular formula is C70H61BN2O2. The van der Waals surface area contributed by atoms with Gasteiger partial charge in [0.15, 0.2) is 0 Å². The van der Waals surface area contributed by atoms with E-state index in [0.717, 1.165) is 103 Å². The molecule has 0 radical (unpaired) electrons. The summed E-state index contributed by atoms with van der Waals surface area (Å²) in [7, 11) is 0. The summed E-state index contributed by atoms with van der Waals surface area (Å²) in [6.45, 7) is 19.8. The van der Waals surface area contributed by atoms with Crippen LogP contribution in [-0.4, -0.2) is 6.71 Å². The lowest BCUT2D eigenvalue weighted by Gasteiger charge is -2.48. The summed E-state index contributed by atoms with van der Waals surface area (Å²) in [5.74, 6) is 0. The van der Waals surface area contributed by atoms with Crippen molar-refractivity contribution in [3.05, 3.63) is 198 Å². The van der Waals surface area contributed by atoms with Crippen molar-refractivity contribution >= 4 is 101 Å². The molecule has 11 aromatic rings. The Bertz CT molecular complexity index is 3940. The quantitative estimate of drug-likeness (QED) is 0.165. The summed E-state index contributed by atoms with van der Waals surface area (Å²) in [4.78, 5) is 5.19. The van der Waals surface area contributed by atoms with Gasteiger partial charge in [-0.2, -0.15) is 0 Å². The molecule has 2 aliphatic heterocycles. The van der Waals surface area contributed by atoms with Gasteiger partial charge in [-0.15, -0.1) is 0 Å². The van der Waals surface area contributed by atoms with E-state index >= 15 is 0 Å². The van der Waals surface area contributed by atoms with Gasteiger partial charge < -0.3 is 18.6 Å². The van der Waals surface area contributed by atoms with Gasteiger partial charge in [-0.1, -0.05) is 171 Å². The van der Waals surface area contributed by atoms with Crippen LogP contribution >= 0.6 is 0 Å². The average Bonchev–Trinajstić information content (AvgIpc) is 4.13. The van der Waals surface area contributed by atoms with Gasteiger partial charge in [0, 0.05) is 66.8 Å². The molecule has 366 valence electrons. The molecule has 4 heterocycles. The fraction of sp³-hybridized carbons (Fsp3) is 0.229. The first-order chi connectivity index (χ1) is 36.1. The molecule has 0 bridgehead atoms. The molecule has 0 N–H and O–H groups in total. The first-order valence-corrected chi connectivity index (χ1v) is 27.3. The van der Waals surface area contributed by atoms with Crippen LogP contribution in [0.2, 0.25) is 0 Å². The van der Waals surface area contributed by atoms with Crippen molar-refractivity contribution in [2.75, 3.05) is 9.80 Å². The predicted octanol–water partition coefficient (Wildman–Crippen LogP) is 17.6. The maximum Gasteiger partial charge on any atom is 0.252 e. The lowest BCUT2D eigenvalue weighted by molar-refractivity contribution is 0.332. The Morgan fingerprint density at radius 1 is 0.360 bits per heavy atom. The van der Waals surface area contributed by atoms with Gasteiger partial charge in [0.25, 0.3) is 6.71 Å². The van der Waals surface area contributed by atoms with Crippen LogP contribution in [0.15, 0.2) is 185 Å². The highest BCUT2D eigenvalue weighted by Crippen LogP contribution is 2.53. The summed E-state index contributed by atoms with van der Waals surface area (Å²) in [6.07, 6.45) is 4.62. The van der Waals surface area contributed by atoms with E-state index in [0.29, 0.717) is 0 Å². The largest absolute Gasteiger partial charge is 0.455 e. The van der Waals surface area contributed by atoms with Crippen molar-refractivity contribution in [2.45, 2.75) is 103 Å². The van der Waals surface area contributed by atoms with E-state index in [1.807, 2.05) is 0 Å². The van der Waals surface area contributed by atoms with Crippen LogP contribution in [0.1, 0.15) is 103 Å². The fourth-order valence-corrected chi connectivity index (χ4v) is 14.1. The number of benzene rings is 9. The van der Waals surface area contributed by atoms with E-state index in [1.54, 1.807) is 0 Å². The predicted molar refractivity (Wildman–Crippen MR) is 316 cm³/mol. The first kappa shape index (κ1) is 44.7. The van der Waals surface area contributed by atoms with Crippen LogP contribution in [0.4, 0.5) is 34.1 Å². The molecule has 15 rings (SSSR count). The van der Waals surface area contributed by atoms with Crippen molar-refractivity contribution in [1.29, 1.82) is 0 Å². The summed E-state index contributed by atoms with van der Waals surface area (Å²) < 4.78 is 13.2. The van der Waals surface area contributed by atoms with E-state index in [9.17, 15) is 0 Å². The smallest absolute Gasteiger partial charge is 0.252 e. The monoisotopic (exact) mass is 972 g/mol. The summed E-state index contributed by atoms with van der Waals surface area (Å²) in [5.41, 5.74) is 25.6. The zero-order chi connectivity index (χ0) is 50.9. The van der Waals surface area contributed by atoms with Gasteiger partial charge in [-0.3, -0.25) is 0 Å². The molecule has 0 unspecified atom stereocenters. The Kier molecular flexibility index (Phi) is 9.19.